The van der Waals surface area contributed by atoms with Crippen LogP contribution in [0.3, 0.4) is 0 Å². The van der Waals surface area contributed by atoms with Gasteiger partial charge in [-0.25, -0.2) is 4.98 Å². The predicted octanol–water partition coefficient (Wildman–Crippen LogP) is 1.86. The Morgan fingerprint density at radius 2 is 2.00 bits per heavy atom. The topological polar surface area (TPSA) is 84.2 Å². The lowest BCUT2D eigenvalue weighted by Crippen LogP contribution is -2.46. The van der Waals surface area contributed by atoms with E-state index in [4.69, 9.17) is 5.11 Å². The summed E-state index contributed by atoms with van der Waals surface area (Å²) in [6.45, 7) is 0. The lowest BCUT2D eigenvalue weighted by molar-refractivity contribution is -0.140. The van der Waals surface area contributed by atoms with Gasteiger partial charge in [-0.15, -0.1) is 0 Å². The molecule has 0 saturated heterocycles. The minimum atomic E-state index is -0.708. The minimum Gasteiger partial charge on any atom is -0.481 e. The molecule has 1 spiro atoms. The highest BCUT2D eigenvalue weighted by molar-refractivity contribution is 5.94. The molecule has 2 heterocycles. The van der Waals surface area contributed by atoms with Crippen LogP contribution in [0.1, 0.15) is 29.6 Å². The van der Waals surface area contributed by atoms with Crippen LogP contribution in [-0.2, 0) is 4.79 Å². The van der Waals surface area contributed by atoms with E-state index >= 15 is 0 Å². The van der Waals surface area contributed by atoms with Crippen molar-refractivity contribution in [3.63, 3.8) is 0 Å². The molecule has 23 heavy (non-hydrogen) atoms. The molecule has 4 rings (SSSR count). The number of amides is 1. The zero-order chi connectivity index (χ0) is 16.0. The van der Waals surface area contributed by atoms with Crippen molar-refractivity contribution in [3.05, 3.63) is 48.4 Å². The molecule has 6 nitrogen and oxygen atoms in total. The van der Waals surface area contributed by atoms with Crippen LogP contribution >= 0.6 is 0 Å². The van der Waals surface area contributed by atoms with Gasteiger partial charge in [0.05, 0.1) is 5.92 Å². The highest BCUT2D eigenvalue weighted by Crippen LogP contribution is 2.65. The maximum absolute atomic E-state index is 12.4. The van der Waals surface area contributed by atoms with Gasteiger partial charge in [0, 0.05) is 30.2 Å². The number of carbonyl (C=O) groups is 2. The second kappa shape index (κ2) is 4.94. The summed E-state index contributed by atoms with van der Waals surface area (Å²) in [5.41, 5.74) is 0.522. The predicted molar refractivity (Wildman–Crippen MR) is 82.2 cm³/mol. The molecule has 1 amide bonds. The summed E-state index contributed by atoms with van der Waals surface area (Å²) in [6, 6.07) is 7.32. The summed E-state index contributed by atoms with van der Waals surface area (Å²) >= 11 is 0. The first kappa shape index (κ1) is 14.0. The lowest BCUT2D eigenvalue weighted by atomic mass is 9.75. The molecule has 0 radical (unpaired) electrons. The van der Waals surface area contributed by atoms with Crippen molar-refractivity contribution in [3.8, 4) is 5.82 Å². The van der Waals surface area contributed by atoms with Gasteiger partial charge in [0.25, 0.3) is 5.91 Å². The maximum Gasteiger partial charge on any atom is 0.307 e. The number of carboxylic acids is 1. The summed E-state index contributed by atoms with van der Waals surface area (Å²) in [6.07, 6.45) is 7.66. The molecule has 2 saturated carbocycles. The largest absolute Gasteiger partial charge is 0.481 e. The molecule has 0 aliphatic heterocycles. The van der Waals surface area contributed by atoms with E-state index in [1.54, 1.807) is 18.3 Å². The molecule has 0 unspecified atom stereocenters. The third kappa shape index (κ3) is 2.40. The summed E-state index contributed by atoms with van der Waals surface area (Å²) in [4.78, 5) is 27.6. The Morgan fingerprint density at radius 3 is 2.65 bits per heavy atom. The van der Waals surface area contributed by atoms with Gasteiger partial charge in [-0.2, -0.15) is 0 Å². The lowest BCUT2D eigenvalue weighted by Gasteiger charge is -2.37. The monoisotopic (exact) mass is 311 g/mol. The van der Waals surface area contributed by atoms with Crippen molar-refractivity contribution < 1.29 is 14.7 Å². The zero-order valence-electron chi connectivity index (χ0n) is 12.5. The standard InChI is InChI=1S/C17H17N3O3/c21-15(19-12-8-17(9-12)10-13(17)16(22)23)11-3-4-18-14(7-11)20-5-1-2-6-20/h1-7,12-13H,8-10H2,(H,19,21)(H,22,23)/t12?,13-,17?/m0/s1. The number of aliphatic carboxylic acids is 1. The van der Waals surface area contributed by atoms with Crippen LogP contribution < -0.4 is 5.32 Å². The number of rotatable bonds is 4. The molecule has 2 aliphatic rings. The second-order valence-electron chi connectivity index (χ2n) is 6.53. The van der Waals surface area contributed by atoms with Gasteiger partial charge < -0.3 is 15.0 Å². The van der Waals surface area contributed by atoms with E-state index in [-0.39, 0.29) is 23.3 Å². The first-order valence-corrected chi connectivity index (χ1v) is 7.70. The first-order chi connectivity index (χ1) is 11.1. The number of nitrogens with one attached hydrogen (secondary N) is 1. The van der Waals surface area contributed by atoms with Gasteiger partial charge in [0.15, 0.2) is 0 Å². The van der Waals surface area contributed by atoms with Crippen molar-refractivity contribution in [2.24, 2.45) is 11.3 Å². The highest BCUT2D eigenvalue weighted by Gasteiger charge is 2.65. The molecule has 6 heteroatoms. The highest BCUT2D eigenvalue weighted by atomic mass is 16.4. The van der Waals surface area contributed by atoms with Gasteiger partial charge in [0.1, 0.15) is 5.82 Å². The number of hydrogen-bond donors (Lipinski definition) is 2. The Hall–Kier alpha value is -2.63. The van der Waals surface area contributed by atoms with Crippen LogP contribution in [0, 0.1) is 11.3 Å². The van der Waals surface area contributed by atoms with Gasteiger partial charge in [-0.05, 0) is 48.9 Å². The number of pyridine rings is 1. The van der Waals surface area contributed by atoms with E-state index in [1.165, 1.54) is 0 Å². The van der Waals surface area contributed by atoms with Crippen LogP contribution in [0.5, 0.6) is 0 Å². The van der Waals surface area contributed by atoms with E-state index in [0.29, 0.717) is 11.4 Å². The van der Waals surface area contributed by atoms with Gasteiger partial charge >= 0.3 is 5.97 Å². The quantitative estimate of drug-likeness (QED) is 0.902. The third-order valence-corrected chi connectivity index (χ3v) is 5.01. The average Bonchev–Trinajstić information content (AvgIpc) is 3.02. The van der Waals surface area contributed by atoms with Crippen LogP contribution in [0.2, 0.25) is 0 Å². The molecule has 1 atom stereocenters. The van der Waals surface area contributed by atoms with Crippen LogP contribution in [-0.4, -0.2) is 32.6 Å². The van der Waals surface area contributed by atoms with Crippen LogP contribution in [0.4, 0.5) is 0 Å². The van der Waals surface area contributed by atoms with E-state index < -0.39 is 5.97 Å². The fourth-order valence-corrected chi connectivity index (χ4v) is 3.63. The van der Waals surface area contributed by atoms with E-state index in [0.717, 1.165) is 19.3 Å². The molecule has 2 fully saturated rings. The van der Waals surface area contributed by atoms with Crippen LogP contribution in [0.25, 0.3) is 5.82 Å². The Kier molecular flexibility index (Phi) is 3.01. The average molecular weight is 311 g/mol. The third-order valence-electron chi connectivity index (χ3n) is 5.01. The van der Waals surface area contributed by atoms with Crippen molar-refractivity contribution >= 4 is 11.9 Å². The SMILES string of the molecule is O=C(NC1CC2(C1)C[C@H]2C(=O)O)c1ccnc(-n2cccc2)c1. The van der Waals surface area contributed by atoms with E-state index in [9.17, 15) is 9.59 Å². The zero-order valence-corrected chi connectivity index (χ0v) is 12.5. The van der Waals surface area contributed by atoms with Gasteiger partial charge in [-0.1, -0.05) is 0 Å². The molecule has 2 aromatic rings. The molecule has 2 aromatic heterocycles. The summed E-state index contributed by atoms with van der Waals surface area (Å²) in [5.74, 6) is -0.355. The molecule has 2 N–H and O–H groups in total. The number of carboxylic acid groups (broad SMARTS) is 1. The summed E-state index contributed by atoms with van der Waals surface area (Å²) < 4.78 is 1.84. The van der Waals surface area contributed by atoms with E-state index in [1.807, 2.05) is 29.1 Å². The fourth-order valence-electron chi connectivity index (χ4n) is 3.63. The Morgan fingerprint density at radius 1 is 1.26 bits per heavy atom. The Labute approximate surface area is 133 Å². The molecule has 0 aromatic carbocycles. The Balaban J connectivity index is 1.39. The number of hydrogen-bond acceptors (Lipinski definition) is 3. The maximum atomic E-state index is 12.4. The smallest absolute Gasteiger partial charge is 0.307 e. The number of carbonyl (C=O) groups excluding carboxylic acids is 1. The molecular formula is C17H17N3O3. The van der Waals surface area contributed by atoms with Crippen molar-refractivity contribution in [1.29, 1.82) is 0 Å². The number of nitrogens with zero attached hydrogens (tertiary/aromatic N) is 2. The van der Waals surface area contributed by atoms with Gasteiger partial charge in [-0.3, -0.25) is 9.59 Å². The van der Waals surface area contributed by atoms with Crippen molar-refractivity contribution in [1.82, 2.24) is 14.9 Å². The minimum absolute atomic E-state index is 0.0433. The van der Waals surface area contributed by atoms with Crippen molar-refractivity contribution in [2.75, 3.05) is 0 Å². The molecule has 0 bridgehead atoms. The van der Waals surface area contributed by atoms with E-state index in [2.05, 4.69) is 10.3 Å². The van der Waals surface area contributed by atoms with Gasteiger partial charge in [0.2, 0.25) is 0 Å². The summed E-state index contributed by atoms with van der Waals surface area (Å²) in [7, 11) is 0. The summed E-state index contributed by atoms with van der Waals surface area (Å²) in [5, 5.41) is 12.0. The molecule has 118 valence electrons. The normalized spacial score (nSPS) is 28.2. The first-order valence-electron chi connectivity index (χ1n) is 7.70. The van der Waals surface area contributed by atoms with Crippen LogP contribution in [0.15, 0.2) is 42.9 Å². The van der Waals surface area contributed by atoms with Crippen molar-refractivity contribution in [2.45, 2.75) is 25.3 Å². The Bertz CT molecular complexity index is 763. The second-order valence-corrected chi connectivity index (χ2v) is 6.53. The number of aromatic nitrogens is 2. The molecule has 2 aliphatic carbocycles. The fraction of sp³-hybridized carbons (Fsp3) is 0.353. The molecular weight excluding hydrogens is 294 g/mol.